The molecule has 0 N–H and O–H groups in total. The summed E-state index contributed by atoms with van der Waals surface area (Å²) in [7, 11) is -3.34. The SMILES string of the molecule is CC1CC(C)CN(S(=O)(=O)N2CCC(Oc3ccccc3)CC2)C1. The fourth-order valence-electron chi connectivity index (χ4n) is 3.83. The third-order valence-corrected chi connectivity index (χ3v) is 6.90. The lowest BCUT2D eigenvalue weighted by molar-refractivity contribution is 0.128. The Kier molecular flexibility index (Phi) is 5.47. The van der Waals surface area contributed by atoms with E-state index in [1.54, 1.807) is 8.61 Å². The Balaban J connectivity index is 1.57. The van der Waals surface area contributed by atoms with Gasteiger partial charge < -0.3 is 4.74 Å². The second kappa shape index (κ2) is 7.42. The Labute approximate surface area is 145 Å². The molecule has 0 saturated carbocycles. The average Bonchev–Trinajstić information content (AvgIpc) is 2.55. The Hall–Kier alpha value is -1.11. The number of piperidine rings is 2. The zero-order valence-corrected chi connectivity index (χ0v) is 15.4. The van der Waals surface area contributed by atoms with Gasteiger partial charge in [-0.05, 0) is 43.2 Å². The third kappa shape index (κ3) is 4.10. The van der Waals surface area contributed by atoms with Crippen LogP contribution in [0.25, 0.3) is 0 Å². The molecular weight excluding hydrogens is 324 g/mol. The van der Waals surface area contributed by atoms with Crippen LogP contribution in [-0.2, 0) is 10.2 Å². The minimum atomic E-state index is -3.34. The molecule has 5 nitrogen and oxygen atoms in total. The van der Waals surface area contributed by atoms with Gasteiger partial charge >= 0.3 is 0 Å². The molecule has 0 spiro atoms. The standard InChI is InChI=1S/C18H28N2O3S/c1-15-12-16(2)14-20(13-15)24(21,22)19-10-8-18(9-11-19)23-17-6-4-3-5-7-17/h3-7,15-16,18H,8-14H2,1-2H3. The Morgan fingerprint density at radius 2 is 1.54 bits per heavy atom. The van der Waals surface area contributed by atoms with Crippen molar-refractivity contribution >= 4 is 10.2 Å². The van der Waals surface area contributed by atoms with Crippen LogP contribution in [0.5, 0.6) is 5.75 Å². The number of para-hydroxylation sites is 1. The molecule has 0 aromatic heterocycles. The van der Waals surface area contributed by atoms with Crippen LogP contribution in [0, 0.1) is 11.8 Å². The van der Waals surface area contributed by atoms with Gasteiger partial charge in [0, 0.05) is 26.2 Å². The van der Waals surface area contributed by atoms with E-state index < -0.39 is 10.2 Å². The summed E-state index contributed by atoms with van der Waals surface area (Å²) in [5, 5.41) is 0. The zero-order valence-electron chi connectivity index (χ0n) is 14.6. The maximum absolute atomic E-state index is 12.9. The van der Waals surface area contributed by atoms with Crippen LogP contribution in [-0.4, -0.2) is 49.3 Å². The normalized spacial score (nSPS) is 27.9. The number of hydrogen-bond acceptors (Lipinski definition) is 3. The van der Waals surface area contributed by atoms with Crippen LogP contribution >= 0.6 is 0 Å². The Bertz CT molecular complexity index is 617. The van der Waals surface area contributed by atoms with Gasteiger partial charge in [-0.1, -0.05) is 32.0 Å². The van der Waals surface area contributed by atoms with Crippen molar-refractivity contribution in [3.8, 4) is 5.75 Å². The predicted molar refractivity (Wildman–Crippen MR) is 95.1 cm³/mol. The molecule has 0 radical (unpaired) electrons. The summed E-state index contributed by atoms with van der Waals surface area (Å²) < 4.78 is 35.1. The van der Waals surface area contributed by atoms with Gasteiger partial charge in [0.2, 0.25) is 0 Å². The maximum atomic E-state index is 12.9. The largest absolute Gasteiger partial charge is 0.490 e. The molecule has 1 aromatic carbocycles. The average molecular weight is 353 g/mol. The molecule has 0 amide bonds. The molecular formula is C18H28N2O3S. The van der Waals surface area contributed by atoms with Crippen molar-refractivity contribution in [3.05, 3.63) is 30.3 Å². The fourth-order valence-corrected chi connectivity index (χ4v) is 5.71. The summed E-state index contributed by atoms with van der Waals surface area (Å²) in [4.78, 5) is 0. The summed E-state index contributed by atoms with van der Waals surface area (Å²) in [5.41, 5.74) is 0. The van der Waals surface area contributed by atoms with Crippen molar-refractivity contribution in [2.75, 3.05) is 26.2 Å². The lowest BCUT2D eigenvalue weighted by atomic mass is 9.94. The van der Waals surface area contributed by atoms with Gasteiger partial charge in [0.05, 0.1) is 0 Å². The smallest absolute Gasteiger partial charge is 0.281 e. The molecule has 3 rings (SSSR count). The monoisotopic (exact) mass is 352 g/mol. The lowest BCUT2D eigenvalue weighted by Gasteiger charge is -2.39. The van der Waals surface area contributed by atoms with Crippen LogP contribution in [0.2, 0.25) is 0 Å². The van der Waals surface area contributed by atoms with E-state index in [0.717, 1.165) is 25.0 Å². The molecule has 0 bridgehead atoms. The summed E-state index contributed by atoms with van der Waals surface area (Å²) in [6, 6.07) is 9.75. The number of ether oxygens (including phenoxy) is 1. The molecule has 2 saturated heterocycles. The van der Waals surface area contributed by atoms with E-state index in [0.29, 0.717) is 38.0 Å². The first-order chi connectivity index (χ1) is 11.4. The Morgan fingerprint density at radius 1 is 0.958 bits per heavy atom. The van der Waals surface area contributed by atoms with E-state index in [1.165, 1.54) is 0 Å². The summed E-state index contributed by atoms with van der Waals surface area (Å²) in [6.07, 6.45) is 2.69. The van der Waals surface area contributed by atoms with Crippen LogP contribution in [0.1, 0.15) is 33.1 Å². The van der Waals surface area contributed by atoms with Crippen molar-refractivity contribution in [2.45, 2.75) is 39.2 Å². The molecule has 2 aliphatic heterocycles. The molecule has 2 atom stereocenters. The van der Waals surface area contributed by atoms with Crippen molar-refractivity contribution in [1.82, 2.24) is 8.61 Å². The first-order valence-corrected chi connectivity index (χ1v) is 10.3. The molecule has 0 aliphatic carbocycles. The van der Waals surface area contributed by atoms with Crippen molar-refractivity contribution in [2.24, 2.45) is 11.8 Å². The van der Waals surface area contributed by atoms with Crippen molar-refractivity contribution < 1.29 is 13.2 Å². The topological polar surface area (TPSA) is 49.9 Å². The molecule has 24 heavy (non-hydrogen) atoms. The predicted octanol–water partition coefficient (Wildman–Crippen LogP) is 2.75. The van der Waals surface area contributed by atoms with Crippen LogP contribution < -0.4 is 4.74 Å². The van der Waals surface area contributed by atoms with Gasteiger partial charge in [-0.2, -0.15) is 17.0 Å². The molecule has 2 aliphatic rings. The highest BCUT2D eigenvalue weighted by atomic mass is 32.2. The summed E-state index contributed by atoms with van der Waals surface area (Å²) in [6.45, 7) is 6.65. The van der Waals surface area contributed by atoms with Gasteiger partial charge in [0.15, 0.2) is 0 Å². The third-order valence-electron chi connectivity index (χ3n) is 4.93. The van der Waals surface area contributed by atoms with Gasteiger partial charge in [0.1, 0.15) is 11.9 Å². The van der Waals surface area contributed by atoms with E-state index in [4.69, 9.17) is 4.74 Å². The highest BCUT2D eigenvalue weighted by Gasteiger charge is 2.36. The molecule has 134 valence electrons. The molecule has 2 unspecified atom stereocenters. The van der Waals surface area contributed by atoms with Crippen LogP contribution in [0.15, 0.2) is 30.3 Å². The molecule has 1 aromatic rings. The van der Waals surface area contributed by atoms with Gasteiger partial charge in [-0.25, -0.2) is 0 Å². The molecule has 2 fully saturated rings. The maximum Gasteiger partial charge on any atom is 0.281 e. The minimum Gasteiger partial charge on any atom is -0.490 e. The molecule has 6 heteroatoms. The van der Waals surface area contributed by atoms with Crippen molar-refractivity contribution in [3.63, 3.8) is 0 Å². The van der Waals surface area contributed by atoms with Crippen molar-refractivity contribution in [1.29, 1.82) is 0 Å². The van der Waals surface area contributed by atoms with Crippen LogP contribution in [0.3, 0.4) is 0 Å². The number of benzene rings is 1. The summed E-state index contributed by atoms with van der Waals surface area (Å²) in [5.74, 6) is 1.72. The number of hydrogen-bond donors (Lipinski definition) is 0. The minimum absolute atomic E-state index is 0.0954. The van der Waals surface area contributed by atoms with Crippen LogP contribution in [0.4, 0.5) is 0 Å². The van der Waals surface area contributed by atoms with E-state index in [1.807, 2.05) is 30.3 Å². The first-order valence-electron chi connectivity index (χ1n) is 8.92. The van der Waals surface area contributed by atoms with E-state index in [2.05, 4.69) is 13.8 Å². The number of rotatable bonds is 4. The van der Waals surface area contributed by atoms with E-state index >= 15 is 0 Å². The van der Waals surface area contributed by atoms with E-state index in [-0.39, 0.29) is 6.10 Å². The fraction of sp³-hybridized carbons (Fsp3) is 0.667. The zero-order chi connectivity index (χ0) is 17.2. The Morgan fingerprint density at radius 3 is 2.12 bits per heavy atom. The number of nitrogens with zero attached hydrogens (tertiary/aromatic N) is 2. The highest BCUT2D eigenvalue weighted by molar-refractivity contribution is 7.86. The van der Waals surface area contributed by atoms with Gasteiger partial charge in [-0.15, -0.1) is 0 Å². The second-order valence-corrected chi connectivity index (χ2v) is 9.23. The van der Waals surface area contributed by atoms with Gasteiger partial charge in [0.25, 0.3) is 10.2 Å². The first kappa shape index (κ1) is 17.7. The molecule has 2 heterocycles. The second-order valence-electron chi connectivity index (χ2n) is 7.30. The summed E-state index contributed by atoms with van der Waals surface area (Å²) >= 11 is 0. The lowest BCUT2D eigenvalue weighted by Crippen LogP contribution is -2.52. The quantitative estimate of drug-likeness (QED) is 0.837. The van der Waals surface area contributed by atoms with Gasteiger partial charge in [-0.3, -0.25) is 0 Å². The highest BCUT2D eigenvalue weighted by Crippen LogP contribution is 2.27. The van der Waals surface area contributed by atoms with E-state index in [9.17, 15) is 8.42 Å².